The summed E-state index contributed by atoms with van der Waals surface area (Å²) in [7, 11) is 0. The summed E-state index contributed by atoms with van der Waals surface area (Å²) in [5.41, 5.74) is 9.85. The van der Waals surface area contributed by atoms with Crippen molar-refractivity contribution in [3.63, 3.8) is 0 Å². The van der Waals surface area contributed by atoms with Gasteiger partial charge in [-0.15, -0.1) is 0 Å². The molecule has 0 aliphatic carbocycles. The van der Waals surface area contributed by atoms with E-state index in [0.717, 1.165) is 23.6 Å². The van der Waals surface area contributed by atoms with Crippen LogP contribution in [0, 0.1) is 0 Å². The first-order valence-corrected chi connectivity index (χ1v) is 8.13. The molecule has 0 spiro atoms. The number of fused-ring (bicyclic) bond motifs is 1. The molecule has 2 N–H and O–H groups in total. The van der Waals surface area contributed by atoms with Crippen LogP contribution in [0.1, 0.15) is 24.0 Å². The molecule has 0 aliphatic rings. The zero-order chi connectivity index (χ0) is 15.5. The Hall–Kier alpha value is -1.77. The first kappa shape index (κ1) is 15.1. The number of aromatic nitrogens is 1. The lowest BCUT2D eigenvalue weighted by Crippen LogP contribution is -2.15. The number of aryl methyl sites for hydroxylation is 1. The zero-order valence-electron chi connectivity index (χ0n) is 12.8. The van der Waals surface area contributed by atoms with E-state index in [1.807, 2.05) is 18.2 Å². The van der Waals surface area contributed by atoms with Crippen LogP contribution in [0.25, 0.3) is 10.9 Å². The van der Waals surface area contributed by atoms with Crippen LogP contribution in [0.4, 0.5) is 0 Å². The highest BCUT2D eigenvalue weighted by Crippen LogP contribution is 2.31. The first-order chi connectivity index (χ1) is 10.7. The van der Waals surface area contributed by atoms with Gasteiger partial charge in [-0.3, -0.25) is 0 Å². The largest absolute Gasteiger partial charge is 0.347 e. The maximum Gasteiger partial charge on any atom is 0.0483 e. The van der Waals surface area contributed by atoms with E-state index in [9.17, 15) is 0 Å². The lowest BCUT2D eigenvalue weighted by molar-refractivity contribution is 0.690. The van der Waals surface area contributed by atoms with Gasteiger partial charge in [0.05, 0.1) is 0 Å². The molecule has 0 bridgehead atoms. The van der Waals surface area contributed by atoms with E-state index in [1.165, 1.54) is 16.5 Å². The van der Waals surface area contributed by atoms with Gasteiger partial charge in [-0.05, 0) is 43.1 Å². The van der Waals surface area contributed by atoms with Crippen LogP contribution in [0.3, 0.4) is 0 Å². The van der Waals surface area contributed by atoms with Gasteiger partial charge in [-0.2, -0.15) is 0 Å². The molecule has 0 saturated heterocycles. The summed E-state index contributed by atoms with van der Waals surface area (Å²) >= 11 is 6.32. The van der Waals surface area contributed by atoms with E-state index < -0.39 is 0 Å². The van der Waals surface area contributed by atoms with Gasteiger partial charge in [0.15, 0.2) is 0 Å². The summed E-state index contributed by atoms with van der Waals surface area (Å²) in [5.74, 6) is 0.276. The molecular formula is C19H21ClN2. The fourth-order valence-electron chi connectivity index (χ4n) is 3.11. The third-order valence-electron chi connectivity index (χ3n) is 4.31. The number of rotatable bonds is 5. The van der Waals surface area contributed by atoms with E-state index in [4.69, 9.17) is 17.3 Å². The summed E-state index contributed by atoms with van der Waals surface area (Å²) < 4.78 is 2.29. The van der Waals surface area contributed by atoms with E-state index in [2.05, 4.69) is 48.0 Å². The molecule has 0 fully saturated rings. The molecule has 1 unspecified atom stereocenters. The molecular weight excluding hydrogens is 292 g/mol. The number of para-hydroxylation sites is 1. The molecule has 22 heavy (non-hydrogen) atoms. The van der Waals surface area contributed by atoms with Crippen molar-refractivity contribution in [2.75, 3.05) is 6.54 Å². The van der Waals surface area contributed by atoms with Crippen molar-refractivity contribution in [3.8, 4) is 0 Å². The third-order valence-corrected chi connectivity index (χ3v) is 4.68. The molecule has 1 aromatic heterocycles. The van der Waals surface area contributed by atoms with Gasteiger partial charge in [0.2, 0.25) is 0 Å². The van der Waals surface area contributed by atoms with Crippen molar-refractivity contribution in [2.24, 2.45) is 5.73 Å². The molecule has 1 atom stereocenters. The van der Waals surface area contributed by atoms with Crippen molar-refractivity contribution in [1.29, 1.82) is 0 Å². The number of hydrogen-bond acceptors (Lipinski definition) is 1. The van der Waals surface area contributed by atoms with Crippen LogP contribution < -0.4 is 5.73 Å². The Kier molecular flexibility index (Phi) is 4.51. The second-order valence-corrected chi connectivity index (χ2v) is 6.02. The number of halogens is 1. The van der Waals surface area contributed by atoms with E-state index >= 15 is 0 Å². The Labute approximate surface area is 136 Å². The van der Waals surface area contributed by atoms with Crippen LogP contribution in [0.15, 0.2) is 54.7 Å². The van der Waals surface area contributed by atoms with E-state index in [1.54, 1.807) is 0 Å². The maximum atomic E-state index is 6.32. The van der Waals surface area contributed by atoms with Crippen LogP contribution >= 0.6 is 11.6 Å². The number of benzene rings is 2. The average Bonchev–Trinajstić information content (AvgIpc) is 2.93. The summed E-state index contributed by atoms with van der Waals surface area (Å²) in [5, 5.41) is 2.12. The number of nitrogens with two attached hydrogens (primary N) is 1. The van der Waals surface area contributed by atoms with Crippen LogP contribution in [-0.4, -0.2) is 11.1 Å². The topological polar surface area (TPSA) is 30.9 Å². The summed E-state index contributed by atoms with van der Waals surface area (Å²) in [6, 6.07) is 16.6. The fraction of sp³-hybridized carbons (Fsp3) is 0.263. The Morgan fingerprint density at radius 3 is 2.55 bits per heavy atom. The van der Waals surface area contributed by atoms with Crippen molar-refractivity contribution >= 4 is 22.5 Å². The smallest absolute Gasteiger partial charge is 0.0483 e. The minimum absolute atomic E-state index is 0.276. The zero-order valence-corrected chi connectivity index (χ0v) is 13.6. The van der Waals surface area contributed by atoms with Gasteiger partial charge in [-0.25, -0.2) is 0 Å². The predicted octanol–water partition coefficient (Wildman–Crippen LogP) is 4.60. The fourth-order valence-corrected chi connectivity index (χ4v) is 3.32. The molecule has 2 nitrogen and oxygen atoms in total. The van der Waals surface area contributed by atoms with Crippen molar-refractivity contribution in [1.82, 2.24) is 4.57 Å². The van der Waals surface area contributed by atoms with Gasteiger partial charge in [0, 0.05) is 34.6 Å². The predicted molar refractivity (Wildman–Crippen MR) is 94.6 cm³/mol. The summed E-state index contributed by atoms with van der Waals surface area (Å²) in [4.78, 5) is 0. The van der Waals surface area contributed by atoms with Crippen LogP contribution in [0.5, 0.6) is 0 Å². The minimum atomic E-state index is 0.276. The quantitative estimate of drug-likeness (QED) is 0.733. The maximum absolute atomic E-state index is 6.32. The highest BCUT2D eigenvalue weighted by atomic mass is 35.5. The van der Waals surface area contributed by atoms with Gasteiger partial charge in [-0.1, -0.05) is 48.0 Å². The molecule has 114 valence electrons. The molecule has 3 heteroatoms. The molecule has 0 saturated carbocycles. The van der Waals surface area contributed by atoms with Crippen molar-refractivity contribution in [3.05, 3.63) is 70.9 Å². The van der Waals surface area contributed by atoms with E-state index in [-0.39, 0.29) is 5.92 Å². The molecule has 1 heterocycles. The highest BCUT2D eigenvalue weighted by molar-refractivity contribution is 6.31. The first-order valence-electron chi connectivity index (χ1n) is 7.75. The van der Waals surface area contributed by atoms with Crippen LogP contribution in [-0.2, 0) is 13.0 Å². The third kappa shape index (κ3) is 2.77. The van der Waals surface area contributed by atoms with Gasteiger partial charge < -0.3 is 10.3 Å². The Morgan fingerprint density at radius 2 is 1.82 bits per heavy atom. The monoisotopic (exact) mass is 312 g/mol. The molecule has 0 aliphatic heterocycles. The molecule has 3 rings (SSSR count). The second-order valence-electron chi connectivity index (χ2n) is 5.62. The Bertz CT molecular complexity index is 776. The van der Waals surface area contributed by atoms with E-state index in [0.29, 0.717) is 6.54 Å². The molecule has 3 aromatic rings. The standard InChI is InChI=1S/C19H21ClN2/c1-2-22-13-17(16-8-4-6-10-19(16)22)15(12-21)11-14-7-3-5-9-18(14)20/h3-10,13,15H,2,11-12,21H2,1H3. The van der Waals surface area contributed by atoms with Crippen molar-refractivity contribution in [2.45, 2.75) is 25.8 Å². The molecule has 0 radical (unpaired) electrons. The molecule has 0 amide bonds. The summed E-state index contributed by atoms with van der Waals surface area (Å²) in [6.45, 7) is 3.74. The van der Waals surface area contributed by atoms with Crippen LogP contribution in [0.2, 0.25) is 5.02 Å². The van der Waals surface area contributed by atoms with Gasteiger partial charge >= 0.3 is 0 Å². The van der Waals surface area contributed by atoms with Crippen molar-refractivity contribution < 1.29 is 0 Å². The SMILES string of the molecule is CCn1cc(C(CN)Cc2ccccc2Cl)c2ccccc21. The normalized spacial score (nSPS) is 12.7. The molecule has 2 aromatic carbocycles. The number of nitrogens with zero attached hydrogens (tertiary/aromatic N) is 1. The lowest BCUT2D eigenvalue weighted by atomic mass is 9.92. The lowest BCUT2D eigenvalue weighted by Gasteiger charge is -2.15. The average molecular weight is 313 g/mol. The minimum Gasteiger partial charge on any atom is -0.347 e. The summed E-state index contributed by atoms with van der Waals surface area (Å²) in [6.07, 6.45) is 3.12. The Balaban J connectivity index is 2.02. The van der Waals surface area contributed by atoms with Gasteiger partial charge in [0.25, 0.3) is 0 Å². The highest BCUT2D eigenvalue weighted by Gasteiger charge is 2.17. The Morgan fingerprint density at radius 1 is 1.09 bits per heavy atom. The van der Waals surface area contributed by atoms with Gasteiger partial charge in [0.1, 0.15) is 0 Å². The second kappa shape index (κ2) is 6.55. The number of hydrogen-bond donors (Lipinski definition) is 1.